The van der Waals surface area contributed by atoms with E-state index in [0.29, 0.717) is 5.69 Å². The summed E-state index contributed by atoms with van der Waals surface area (Å²) in [4.78, 5) is 10.3. The first-order valence-corrected chi connectivity index (χ1v) is 11.9. The summed E-state index contributed by atoms with van der Waals surface area (Å²) in [6.07, 6.45) is 21.4. The smallest absolute Gasteiger partial charge is 0.271 e. The maximum absolute atomic E-state index is 10.8. The Morgan fingerprint density at radius 2 is 1.24 bits per heavy atom. The summed E-state index contributed by atoms with van der Waals surface area (Å²) in [5.41, 5.74) is 0.442. The fourth-order valence-corrected chi connectivity index (χ4v) is 3.68. The number of phenolic OH excluding ortho intramolecular Hbond substituents is 1. The Bertz CT molecular complexity index is 549. The van der Waals surface area contributed by atoms with Gasteiger partial charge in [-0.15, -0.1) is 0 Å². The van der Waals surface area contributed by atoms with Crippen LogP contribution in [0.3, 0.4) is 0 Å². The molecule has 0 heterocycles. The molecule has 0 bridgehead atoms. The molecule has 0 unspecified atom stereocenters. The first-order chi connectivity index (χ1) is 14.1. The third-order valence-electron chi connectivity index (χ3n) is 5.54. The minimum absolute atomic E-state index is 0.00252. The number of anilines is 1. The average molecular weight is 407 g/mol. The van der Waals surface area contributed by atoms with Crippen molar-refractivity contribution in [2.45, 2.75) is 110 Å². The van der Waals surface area contributed by atoms with Crippen LogP contribution in [0.5, 0.6) is 5.75 Å². The Kier molecular flexibility index (Phi) is 14.9. The third-order valence-corrected chi connectivity index (χ3v) is 5.54. The van der Waals surface area contributed by atoms with Gasteiger partial charge in [-0.3, -0.25) is 10.1 Å². The molecule has 1 aromatic carbocycles. The van der Waals surface area contributed by atoms with Gasteiger partial charge in [0.1, 0.15) is 5.75 Å². The maximum atomic E-state index is 10.8. The summed E-state index contributed by atoms with van der Waals surface area (Å²) in [6, 6.07) is 4.07. The lowest BCUT2D eigenvalue weighted by Gasteiger charge is -2.08. The molecule has 0 saturated heterocycles. The number of hydrogen-bond donors (Lipinski definition) is 2. The van der Waals surface area contributed by atoms with Crippen LogP contribution in [0.15, 0.2) is 18.2 Å². The van der Waals surface area contributed by atoms with Crippen LogP contribution >= 0.6 is 0 Å². The summed E-state index contributed by atoms with van der Waals surface area (Å²) >= 11 is 0. The van der Waals surface area contributed by atoms with Crippen molar-refractivity contribution in [3.05, 3.63) is 28.3 Å². The zero-order valence-corrected chi connectivity index (χ0v) is 18.5. The van der Waals surface area contributed by atoms with Gasteiger partial charge >= 0.3 is 0 Å². The van der Waals surface area contributed by atoms with Crippen molar-refractivity contribution >= 4 is 11.4 Å². The maximum Gasteiger partial charge on any atom is 0.271 e. The molecule has 0 aromatic heterocycles. The molecule has 5 nitrogen and oxygen atoms in total. The van der Waals surface area contributed by atoms with Gasteiger partial charge < -0.3 is 10.4 Å². The summed E-state index contributed by atoms with van der Waals surface area (Å²) in [7, 11) is 0. The number of hydrogen-bond acceptors (Lipinski definition) is 4. The van der Waals surface area contributed by atoms with Crippen LogP contribution in [0.2, 0.25) is 0 Å². The van der Waals surface area contributed by atoms with E-state index in [1.807, 2.05) is 0 Å². The normalized spacial score (nSPS) is 10.9. The Morgan fingerprint density at radius 3 is 1.69 bits per heavy atom. The Labute approximate surface area is 177 Å². The van der Waals surface area contributed by atoms with Crippen molar-refractivity contribution in [1.82, 2.24) is 0 Å². The number of rotatable bonds is 19. The minimum Gasteiger partial charge on any atom is -0.506 e. The molecule has 0 aliphatic heterocycles. The number of nitro groups is 1. The van der Waals surface area contributed by atoms with Crippen molar-refractivity contribution in [1.29, 1.82) is 0 Å². The van der Waals surface area contributed by atoms with E-state index >= 15 is 0 Å². The molecule has 2 N–H and O–H groups in total. The molecule has 166 valence electrons. The number of nitrogens with zero attached hydrogens (tertiary/aromatic N) is 1. The first-order valence-electron chi connectivity index (χ1n) is 11.9. The van der Waals surface area contributed by atoms with Crippen molar-refractivity contribution in [2.24, 2.45) is 0 Å². The van der Waals surface area contributed by atoms with Gasteiger partial charge in [0, 0.05) is 18.7 Å². The standard InChI is InChI=1S/C24H42N2O3/c1-2-3-4-5-6-7-8-9-10-11-12-13-14-15-16-17-20-25-23-21-22(26(28)29)18-19-24(23)27/h18-19,21,25,27H,2-17,20H2,1H3. The largest absolute Gasteiger partial charge is 0.506 e. The zero-order chi connectivity index (χ0) is 21.2. The third kappa shape index (κ3) is 13.1. The van der Waals surface area contributed by atoms with E-state index in [2.05, 4.69) is 12.2 Å². The predicted octanol–water partition coefficient (Wildman–Crippen LogP) is 7.97. The van der Waals surface area contributed by atoms with E-state index in [4.69, 9.17) is 0 Å². The van der Waals surface area contributed by atoms with Gasteiger partial charge in [-0.2, -0.15) is 0 Å². The highest BCUT2D eigenvalue weighted by Crippen LogP contribution is 2.27. The number of nitro benzene ring substituents is 1. The van der Waals surface area contributed by atoms with E-state index in [1.165, 1.54) is 108 Å². The Balaban J connectivity index is 1.87. The van der Waals surface area contributed by atoms with Crippen LogP contribution in [0.25, 0.3) is 0 Å². The van der Waals surface area contributed by atoms with E-state index in [-0.39, 0.29) is 11.4 Å². The number of nitrogens with one attached hydrogen (secondary N) is 1. The number of aromatic hydroxyl groups is 1. The second-order valence-electron chi connectivity index (χ2n) is 8.19. The highest BCUT2D eigenvalue weighted by Gasteiger charge is 2.09. The lowest BCUT2D eigenvalue weighted by molar-refractivity contribution is -0.384. The molecule has 0 saturated carbocycles. The fourth-order valence-electron chi connectivity index (χ4n) is 3.68. The van der Waals surface area contributed by atoms with E-state index in [9.17, 15) is 15.2 Å². The molecule has 0 spiro atoms. The number of benzene rings is 1. The highest BCUT2D eigenvalue weighted by molar-refractivity contribution is 5.60. The topological polar surface area (TPSA) is 75.4 Å². The SMILES string of the molecule is CCCCCCCCCCCCCCCCCCNc1cc([N+](=O)[O-])ccc1O. The van der Waals surface area contributed by atoms with Gasteiger partial charge in [0.05, 0.1) is 10.6 Å². The molecule has 0 fully saturated rings. The molecule has 0 atom stereocenters. The van der Waals surface area contributed by atoms with Gasteiger partial charge in [-0.1, -0.05) is 103 Å². The molecule has 0 radical (unpaired) electrons. The number of non-ortho nitro benzene ring substituents is 1. The molecule has 1 aromatic rings. The van der Waals surface area contributed by atoms with Crippen LogP contribution in [-0.2, 0) is 0 Å². The minimum atomic E-state index is -0.445. The van der Waals surface area contributed by atoms with Crippen molar-refractivity contribution in [3.8, 4) is 5.75 Å². The zero-order valence-electron chi connectivity index (χ0n) is 18.5. The molecule has 29 heavy (non-hydrogen) atoms. The monoisotopic (exact) mass is 406 g/mol. The molecular weight excluding hydrogens is 364 g/mol. The van der Waals surface area contributed by atoms with Crippen molar-refractivity contribution in [3.63, 3.8) is 0 Å². The number of unbranched alkanes of at least 4 members (excludes halogenated alkanes) is 15. The van der Waals surface area contributed by atoms with Crippen molar-refractivity contribution < 1.29 is 10.0 Å². The fraction of sp³-hybridized carbons (Fsp3) is 0.750. The lowest BCUT2D eigenvalue weighted by Crippen LogP contribution is -2.02. The quantitative estimate of drug-likeness (QED) is 0.106. The molecule has 0 amide bonds. The second-order valence-corrected chi connectivity index (χ2v) is 8.19. The summed E-state index contributed by atoms with van der Waals surface area (Å²) in [5.74, 6) is 0.0621. The molecule has 0 aliphatic carbocycles. The van der Waals surface area contributed by atoms with Crippen LogP contribution < -0.4 is 5.32 Å². The van der Waals surface area contributed by atoms with E-state index < -0.39 is 4.92 Å². The van der Waals surface area contributed by atoms with Gasteiger partial charge in [0.25, 0.3) is 5.69 Å². The van der Waals surface area contributed by atoms with Crippen molar-refractivity contribution in [2.75, 3.05) is 11.9 Å². The second kappa shape index (κ2) is 17.1. The summed E-state index contributed by atoms with van der Waals surface area (Å²) in [5, 5.41) is 23.7. The van der Waals surface area contributed by atoms with E-state index in [1.54, 1.807) is 0 Å². The van der Waals surface area contributed by atoms with Crippen LogP contribution in [0.4, 0.5) is 11.4 Å². The predicted molar refractivity (Wildman–Crippen MR) is 123 cm³/mol. The van der Waals surface area contributed by atoms with Gasteiger partial charge in [0.2, 0.25) is 0 Å². The van der Waals surface area contributed by atoms with E-state index in [0.717, 1.165) is 19.4 Å². The molecule has 5 heteroatoms. The Hall–Kier alpha value is -1.78. The highest BCUT2D eigenvalue weighted by atomic mass is 16.6. The number of phenols is 1. The average Bonchev–Trinajstić information content (AvgIpc) is 2.71. The van der Waals surface area contributed by atoms with Gasteiger partial charge in [-0.05, 0) is 12.5 Å². The molecule has 0 aliphatic rings. The van der Waals surface area contributed by atoms with Crippen LogP contribution in [0, 0.1) is 10.1 Å². The lowest BCUT2D eigenvalue weighted by atomic mass is 10.0. The molecular formula is C24H42N2O3. The van der Waals surface area contributed by atoms with Gasteiger partial charge in [-0.25, -0.2) is 0 Å². The van der Waals surface area contributed by atoms with Gasteiger partial charge in [0.15, 0.2) is 0 Å². The summed E-state index contributed by atoms with van der Waals surface area (Å²) in [6.45, 7) is 3.00. The van der Waals surface area contributed by atoms with Crippen LogP contribution in [0.1, 0.15) is 110 Å². The summed E-state index contributed by atoms with van der Waals surface area (Å²) < 4.78 is 0. The Morgan fingerprint density at radius 1 is 0.793 bits per heavy atom. The first kappa shape index (κ1) is 25.3. The van der Waals surface area contributed by atoms with Crippen LogP contribution in [-0.4, -0.2) is 16.6 Å². The molecule has 1 rings (SSSR count).